The van der Waals surface area contributed by atoms with Crippen molar-refractivity contribution >= 4 is 23.2 Å². The van der Waals surface area contributed by atoms with Crippen LogP contribution in [0.2, 0.25) is 0 Å². The molecule has 0 spiro atoms. The van der Waals surface area contributed by atoms with E-state index >= 15 is 0 Å². The number of carbonyl (C=O) groups excluding carboxylic acids is 2. The second-order valence-electron chi connectivity index (χ2n) is 7.03. The minimum absolute atomic E-state index is 0.0401. The third-order valence-corrected chi connectivity index (χ3v) is 5.14. The van der Waals surface area contributed by atoms with E-state index in [1.807, 2.05) is 72.8 Å². The van der Waals surface area contributed by atoms with Gasteiger partial charge in [0.25, 0.3) is 0 Å². The largest absolute Gasteiger partial charge is 0.497 e. The SMILES string of the molecule is COc1cccc(-c2ccc(NC(=O)CC[C@@H]3C(=O)Nc4ccccc43)cc2)c1. The molecule has 29 heavy (non-hydrogen) atoms. The molecule has 4 rings (SSSR count). The van der Waals surface area contributed by atoms with E-state index < -0.39 is 0 Å². The first kappa shape index (κ1) is 18.7. The van der Waals surface area contributed by atoms with Crippen LogP contribution in [0.3, 0.4) is 0 Å². The van der Waals surface area contributed by atoms with Crippen LogP contribution >= 0.6 is 0 Å². The van der Waals surface area contributed by atoms with Crippen LogP contribution < -0.4 is 15.4 Å². The maximum Gasteiger partial charge on any atom is 0.232 e. The Balaban J connectivity index is 1.36. The van der Waals surface area contributed by atoms with Crippen molar-refractivity contribution in [1.29, 1.82) is 0 Å². The summed E-state index contributed by atoms with van der Waals surface area (Å²) in [6, 6.07) is 23.1. The number of anilines is 2. The van der Waals surface area contributed by atoms with Crippen molar-refractivity contribution in [2.24, 2.45) is 0 Å². The zero-order chi connectivity index (χ0) is 20.2. The van der Waals surface area contributed by atoms with Gasteiger partial charge in [-0.25, -0.2) is 0 Å². The van der Waals surface area contributed by atoms with Crippen LogP contribution in [0.5, 0.6) is 5.75 Å². The minimum atomic E-state index is -0.271. The molecule has 0 radical (unpaired) electrons. The zero-order valence-corrected chi connectivity index (χ0v) is 16.1. The van der Waals surface area contributed by atoms with Crippen molar-refractivity contribution in [3.8, 4) is 16.9 Å². The molecule has 0 aliphatic carbocycles. The summed E-state index contributed by atoms with van der Waals surface area (Å²) < 4.78 is 5.27. The Morgan fingerprint density at radius 3 is 2.59 bits per heavy atom. The molecule has 0 bridgehead atoms. The lowest BCUT2D eigenvalue weighted by Gasteiger charge is -2.10. The Kier molecular flexibility index (Phi) is 5.29. The number of para-hydroxylation sites is 1. The zero-order valence-electron chi connectivity index (χ0n) is 16.1. The van der Waals surface area contributed by atoms with Crippen molar-refractivity contribution in [3.63, 3.8) is 0 Å². The van der Waals surface area contributed by atoms with E-state index in [2.05, 4.69) is 10.6 Å². The molecule has 0 aromatic heterocycles. The molecule has 1 heterocycles. The highest BCUT2D eigenvalue weighted by Crippen LogP contribution is 2.35. The van der Waals surface area contributed by atoms with Crippen LogP contribution in [-0.4, -0.2) is 18.9 Å². The van der Waals surface area contributed by atoms with Gasteiger partial charge >= 0.3 is 0 Å². The number of benzene rings is 3. The molecule has 0 unspecified atom stereocenters. The van der Waals surface area contributed by atoms with Crippen LogP contribution in [0.15, 0.2) is 72.8 Å². The van der Waals surface area contributed by atoms with Crippen LogP contribution in [0, 0.1) is 0 Å². The highest BCUT2D eigenvalue weighted by Gasteiger charge is 2.30. The summed E-state index contributed by atoms with van der Waals surface area (Å²) >= 11 is 0. The molecule has 1 atom stereocenters. The quantitative estimate of drug-likeness (QED) is 0.638. The van der Waals surface area contributed by atoms with E-state index in [-0.39, 0.29) is 24.2 Å². The normalized spacial score (nSPS) is 14.8. The van der Waals surface area contributed by atoms with Crippen molar-refractivity contribution in [2.75, 3.05) is 17.7 Å². The van der Waals surface area contributed by atoms with E-state index in [0.717, 1.165) is 33.8 Å². The Morgan fingerprint density at radius 2 is 1.79 bits per heavy atom. The van der Waals surface area contributed by atoms with Gasteiger partial charge in [-0.15, -0.1) is 0 Å². The number of hydrogen-bond donors (Lipinski definition) is 2. The maximum absolute atomic E-state index is 12.4. The summed E-state index contributed by atoms with van der Waals surface area (Å²) in [5, 5.41) is 5.78. The number of methoxy groups -OCH3 is 1. The molecule has 0 saturated heterocycles. The first-order chi connectivity index (χ1) is 14.1. The number of carbonyl (C=O) groups is 2. The Bertz CT molecular complexity index is 1040. The van der Waals surface area contributed by atoms with E-state index in [4.69, 9.17) is 4.74 Å². The number of ether oxygens (including phenoxy) is 1. The number of amides is 2. The van der Waals surface area contributed by atoms with Gasteiger partial charge in [0, 0.05) is 17.8 Å². The van der Waals surface area contributed by atoms with Crippen LogP contribution in [0.4, 0.5) is 11.4 Å². The second-order valence-corrected chi connectivity index (χ2v) is 7.03. The standard InChI is InChI=1S/C24H22N2O3/c1-29-19-6-4-5-17(15-19)16-9-11-18(12-10-16)25-23(27)14-13-21-20-7-2-3-8-22(20)26-24(21)28/h2-12,15,21H,13-14H2,1H3,(H,25,27)(H,26,28)/t21-/m0/s1. The molecule has 2 N–H and O–H groups in total. The third-order valence-electron chi connectivity index (χ3n) is 5.14. The van der Waals surface area contributed by atoms with Gasteiger partial charge in [-0.1, -0.05) is 42.5 Å². The summed E-state index contributed by atoms with van der Waals surface area (Å²) in [6.45, 7) is 0. The number of rotatable bonds is 6. The predicted molar refractivity (Wildman–Crippen MR) is 114 cm³/mol. The van der Waals surface area contributed by atoms with Gasteiger partial charge in [0.15, 0.2) is 0 Å². The van der Waals surface area contributed by atoms with Gasteiger partial charge < -0.3 is 15.4 Å². The average molecular weight is 386 g/mol. The lowest BCUT2D eigenvalue weighted by molar-refractivity contribution is -0.118. The molecular weight excluding hydrogens is 364 g/mol. The predicted octanol–water partition coefficient (Wildman–Crippen LogP) is 4.82. The minimum Gasteiger partial charge on any atom is -0.497 e. The molecule has 3 aromatic rings. The topological polar surface area (TPSA) is 67.4 Å². The second kappa shape index (κ2) is 8.19. The van der Waals surface area contributed by atoms with Crippen molar-refractivity contribution in [3.05, 3.63) is 78.4 Å². The fourth-order valence-corrected chi connectivity index (χ4v) is 3.61. The summed E-state index contributed by atoms with van der Waals surface area (Å²) in [6.07, 6.45) is 0.765. The van der Waals surface area contributed by atoms with Gasteiger partial charge in [0.05, 0.1) is 13.0 Å². The fraction of sp³-hybridized carbons (Fsp3) is 0.167. The highest BCUT2D eigenvalue weighted by molar-refractivity contribution is 6.03. The Hall–Kier alpha value is -3.60. The van der Waals surface area contributed by atoms with E-state index in [0.29, 0.717) is 6.42 Å². The van der Waals surface area contributed by atoms with Gasteiger partial charge in [-0.3, -0.25) is 9.59 Å². The fourth-order valence-electron chi connectivity index (χ4n) is 3.61. The van der Waals surface area contributed by atoms with Gasteiger partial charge in [-0.05, 0) is 53.4 Å². The van der Waals surface area contributed by atoms with Crippen LogP contribution in [0.1, 0.15) is 24.3 Å². The van der Waals surface area contributed by atoms with Gasteiger partial charge in [-0.2, -0.15) is 0 Å². The molecule has 5 heteroatoms. The summed E-state index contributed by atoms with van der Waals surface area (Å²) in [5.74, 6) is 0.391. The van der Waals surface area contributed by atoms with Crippen LogP contribution in [0.25, 0.3) is 11.1 Å². The van der Waals surface area contributed by atoms with Gasteiger partial charge in [0.2, 0.25) is 11.8 Å². The van der Waals surface area contributed by atoms with Crippen molar-refractivity contribution in [1.82, 2.24) is 0 Å². The molecule has 1 aliphatic heterocycles. The first-order valence-corrected chi connectivity index (χ1v) is 9.58. The van der Waals surface area contributed by atoms with Crippen molar-refractivity contribution < 1.29 is 14.3 Å². The highest BCUT2D eigenvalue weighted by atomic mass is 16.5. The molecule has 146 valence electrons. The summed E-state index contributed by atoms with van der Waals surface area (Å²) in [7, 11) is 1.64. The van der Waals surface area contributed by atoms with E-state index in [1.165, 1.54) is 0 Å². The number of nitrogens with one attached hydrogen (secondary N) is 2. The van der Waals surface area contributed by atoms with Gasteiger partial charge in [0.1, 0.15) is 5.75 Å². The van der Waals surface area contributed by atoms with Crippen LogP contribution in [-0.2, 0) is 9.59 Å². The smallest absolute Gasteiger partial charge is 0.232 e. The third kappa shape index (κ3) is 4.14. The maximum atomic E-state index is 12.4. The molecule has 1 aliphatic rings. The molecular formula is C24H22N2O3. The molecule has 2 amide bonds. The summed E-state index contributed by atoms with van der Waals surface area (Å²) in [5.41, 5.74) is 4.64. The molecule has 0 saturated carbocycles. The first-order valence-electron chi connectivity index (χ1n) is 9.58. The lowest BCUT2D eigenvalue weighted by Crippen LogP contribution is -2.16. The number of fused-ring (bicyclic) bond motifs is 1. The molecule has 3 aromatic carbocycles. The summed E-state index contributed by atoms with van der Waals surface area (Å²) in [4.78, 5) is 24.5. The monoisotopic (exact) mass is 386 g/mol. The van der Waals surface area contributed by atoms with Crippen molar-refractivity contribution in [2.45, 2.75) is 18.8 Å². The Morgan fingerprint density at radius 1 is 1.00 bits per heavy atom. The van der Waals surface area contributed by atoms with E-state index in [1.54, 1.807) is 7.11 Å². The molecule has 0 fully saturated rings. The van der Waals surface area contributed by atoms with E-state index in [9.17, 15) is 9.59 Å². The average Bonchev–Trinajstić information content (AvgIpc) is 3.08. The lowest BCUT2D eigenvalue weighted by atomic mass is 9.95. The Labute approximate surface area is 169 Å². The number of hydrogen-bond acceptors (Lipinski definition) is 3. The molecule has 5 nitrogen and oxygen atoms in total.